The smallest absolute Gasteiger partial charge is 0.293 e. The van der Waals surface area contributed by atoms with Crippen molar-refractivity contribution >= 4 is 6.47 Å². The van der Waals surface area contributed by atoms with E-state index in [2.05, 4.69) is 0 Å². The minimum Gasteiger partial charge on any atom is -0.461 e. The topological polar surface area (TPSA) is 35.5 Å². The largest absolute Gasteiger partial charge is 0.461 e. The zero-order chi connectivity index (χ0) is 10.5. The maximum Gasteiger partial charge on any atom is 0.293 e. The summed E-state index contributed by atoms with van der Waals surface area (Å²) in [5.74, 6) is 2.02. The van der Waals surface area contributed by atoms with Crippen LogP contribution in [0.1, 0.15) is 32.1 Å². The Hall–Kier alpha value is -0.570. The highest BCUT2D eigenvalue weighted by Gasteiger charge is 2.56. The number of ether oxygens (including phenoxy) is 2. The van der Waals surface area contributed by atoms with E-state index in [0.717, 1.165) is 25.2 Å². The highest BCUT2D eigenvalue weighted by molar-refractivity contribution is 5.39. The Morgan fingerprint density at radius 3 is 2.40 bits per heavy atom. The second-order valence-corrected chi connectivity index (χ2v) is 5.57. The molecule has 15 heavy (non-hydrogen) atoms. The minimum atomic E-state index is -0.118. The lowest BCUT2D eigenvalue weighted by Gasteiger charge is -2.58. The van der Waals surface area contributed by atoms with Crippen molar-refractivity contribution in [3.8, 4) is 0 Å². The number of rotatable bonds is 3. The van der Waals surface area contributed by atoms with Gasteiger partial charge in [0, 0.05) is 7.11 Å². The van der Waals surface area contributed by atoms with Crippen LogP contribution in [0.25, 0.3) is 0 Å². The molecule has 4 fully saturated rings. The Bertz CT molecular complexity index is 260. The summed E-state index contributed by atoms with van der Waals surface area (Å²) in [5, 5.41) is 0. The van der Waals surface area contributed by atoms with Gasteiger partial charge in [0.2, 0.25) is 0 Å². The third-order valence-electron chi connectivity index (χ3n) is 4.70. The molecular weight excluding hydrogens is 192 g/mol. The van der Waals surface area contributed by atoms with E-state index in [0.29, 0.717) is 24.4 Å². The summed E-state index contributed by atoms with van der Waals surface area (Å²) < 4.78 is 11.0. The third-order valence-corrected chi connectivity index (χ3v) is 4.70. The summed E-state index contributed by atoms with van der Waals surface area (Å²) in [5.41, 5.74) is -0.118. The first kappa shape index (κ1) is 9.64. The van der Waals surface area contributed by atoms with Gasteiger partial charge in [-0.3, -0.25) is 4.79 Å². The van der Waals surface area contributed by atoms with Crippen molar-refractivity contribution in [3.63, 3.8) is 0 Å². The predicted molar refractivity (Wildman–Crippen MR) is 54.2 cm³/mol. The normalized spacial score (nSPS) is 51.8. The molecule has 4 aliphatic carbocycles. The average Bonchev–Trinajstić information content (AvgIpc) is 2.16. The summed E-state index contributed by atoms with van der Waals surface area (Å²) in [6.45, 7) is 0.648. The minimum absolute atomic E-state index is 0.118. The maximum atomic E-state index is 10.6. The van der Waals surface area contributed by atoms with E-state index in [1.807, 2.05) is 7.11 Å². The summed E-state index contributed by atoms with van der Waals surface area (Å²) in [7, 11) is 1.82. The van der Waals surface area contributed by atoms with E-state index in [4.69, 9.17) is 9.47 Å². The van der Waals surface area contributed by atoms with Gasteiger partial charge in [-0.25, -0.2) is 0 Å². The fourth-order valence-corrected chi connectivity index (χ4v) is 4.53. The van der Waals surface area contributed by atoms with Gasteiger partial charge in [-0.15, -0.1) is 0 Å². The van der Waals surface area contributed by atoms with Crippen LogP contribution in [0.4, 0.5) is 0 Å². The molecule has 0 aliphatic heterocycles. The van der Waals surface area contributed by atoms with Gasteiger partial charge in [0.15, 0.2) is 0 Å². The molecule has 4 rings (SSSR count). The number of carbonyl (C=O) groups excluding carboxylic acids is 1. The standard InChI is InChI=1S/C12H18O3/c1-14-11-9-2-8-3-10(11)6-12(4-8,5-9)15-7-13/h7-11H,2-6H2,1H3. The van der Waals surface area contributed by atoms with Crippen LogP contribution in [0.3, 0.4) is 0 Å². The molecule has 0 heterocycles. The molecule has 4 aliphatic rings. The second kappa shape index (κ2) is 3.21. The van der Waals surface area contributed by atoms with Crippen LogP contribution in [0, 0.1) is 17.8 Å². The molecule has 3 nitrogen and oxygen atoms in total. The Labute approximate surface area is 90.1 Å². The van der Waals surface area contributed by atoms with Crippen LogP contribution in [-0.4, -0.2) is 25.3 Å². The molecule has 0 radical (unpaired) electrons. The predicted octanol–water partition coefficient (Wildman–Crippen LogP) is 1.75. The Kier molecular flexibility index (Phi) is 2.06. The molecule has 2 atom stereocenters. The van der Waals surface area contributed by atoms with Gasteiger partial charge in [0.05, 0.1) is 6.10 Å². The molecule has 0 saturated heterocycles. The van der Waals surface area contributed by atoms with Gasteiger partial charge < -0.3 is 9.47 Å². The first-order valence-corrected chi connectivity index (χ1v) is 5.90. The summed E-state index contributed by atoms with van der Waals surface area (Å²) in [4.78, 5) is 10.6. The summed E-state index contributed by atoms with van der Waals surface area (Å²) >= 11 is 0. The number of carbonyl (C=O) groups is 1. The molecule has 0 aromatic rings. The van der Waals surface area contributed by atoms with E-state index < -0.39 is 0 Å². The molecule has 0 spiro atoms. The molecule has 84 valence electrons. The van der Waals surface area contributed by atoms with Crippen molar-refractivity contribution in [3.05, 3.63) is 0 Å². The van der Waals surface area contributed by atoms with Crippen LogP contribution < -0.4 is 0 Å². The molecule has 0 N–H and O–H groups in total. The van der Waals surface area contributed by atoms with E-state index in [1.54, 1.807) is 0 Å². The van der Waals surface area contributed by atoms with Gasteiger partial charge in [-0.2, -0.15) is 0 Å². The van der Waals surface area contributed by atoms with Crippen molar-refractivity contribution in [2.45, 2.75) is 43.8 Å². The Morgan fingerprint density at radius 2 is 1.87 bits per heavy atom. The van der Waals surface area contributed by atoms with Crippen LogP contribution >= 0.6 is 0 Å². The average molecular weight is 210 g/mol. The first-order valence-electron chi connectivity index (χ1n) is 5.90. The van der Waals surface area contributed by atoms with E-state index in [9.17, 15) is 4.79 Å². The van der Waals surface area contributed by atoms with Crippen LogP contribution in [-0.2, 0) is 14.3 Å². The molecule has 0 aromatic carbocycles. The first-order chi connectivity index (χ1) is 7.26. The van der Waals surface area contributed by atoms with E-state index in [-0.39, 0.29) is 5.60 Å². The SMILES string of the molecule is COC1C2CC3CC1CC(OC=O)(C3)C2. The highest BCUT2D eigenvalue weighted by atomic mass is 16.5. The van der Waals surface area contributed by atoms with Gasteiger partial charge in [0.1, 0.15) is 5.60 Å². The lowest BCUT2D eigenvalue weighted by molar-refractivity contribution is -0.200. The molecule has 0 aromatic heterocycles. The zero-order valence-electron chi connectivity index (χ0n) is 9.15. The molecule has 0 amide bonds. The van der Waals surface area contributed by atoms with Crippen molar-refractivity contribution < 1.29 is 14.3 Å². The van der Waals surface area contributed by atoms with Crippen molar-refractivity contribution in [1.82, 2.24) is 0 Å². The van der Waals surface area contributed by atoms with Crippen molar-refractivity contribution in [2.75, 3.05) is 7.11 Å². The lowest BCUT2D eigenvalue weighted by Crippen LogP contribution is -2.58. The van der Waals surface area contributed by atoms with Crippen LogP contribution in [0.15, 0.2) is 0 Å². The third kappa shape index (κ3) is 1.32. The lowest BCUT2D eigenvalue weighted by atomic mass is 9.53. The fourth-order valence-electron chi connectivity index (χ4n) is 4.53. The van der Waals surface area contributed by atoms with Gasteiger partial charge >= 0.3 is 0 Å². The monoisotopic (exact) mass is 210 g/mol. The second-order valence-electron chi connectivity index (χ2n) is 5.57. The van der Waals surface area contributed by atoms with Gasteiger partial charge in [0.25, 0.3) is 6.47 Å². The van der Waals surface area contributed by atoms with Crippen molar-refractivity contribution in [1.29, 1.82) is 0 Å². The zero-order valence-corrected chi connectivity index (χ0v) is 9.15. The molecule has 2 unspecified atom stereocenters. The van der Waals surface area contributed by atoms with E-state index >= 15 is 0 Å². The van der Waals surface area contributed by atoms with Gasteiger partial charge in [-0.05, 0) is 49.9 Å². The Morgan fingerprint density at radius 1 is 1.20 bits per heavy atom. The summed E-state index contributed by atoms with van der Waals surface area (Å²) in [6, 6.07) is 0. The van der Waals surface area contributed by atoms with Crippen LogP contribution in [0.2, 0.25) is 0 Å². The van der Waals surface area contributed by atoms with Gasteiger partial charge in [-0.1, -0.05) is 0 Å². The number of methoxy groups -OCH3 is 1. The Balaban J connectivity index is 1.85. The molecule has 4 bridgehead atoms. The number of hydrogen-bond acceptors (Lipinski definition) is 3. The summed E-state index contributed by atoms with van der Waals surface area (Å²) in [6.07, 6.45) is 6.12. The highest BCUT2D eigenvalue weighted by Crippen LogP contribution is 2.57. The molecular formula is C12H18O3. The fraction of sp³-hybridized carbons (Fsp3) is 0.917. The quantitative estimate of drug-likeness (QED) is 0.666. The molecule has 3 heteroatoms. The van der Waals surface area contributed by atoms with E-state index in [1.165, 1.54) is 12.8 Å². The maximum absolute atomic E-state index is 10.6. The number of hydrogen-bond donors (Lipinski definition) is 0. The van der Waals surface area contributed by atoms with Crippen LogP contribution in [0.5, 0.6) is 0 Å². The van der Waals surface area contributed by atoms with Crippen molar-refractivity contribution in [2.24, 2.45) is 17.8 Å². The molecule has 4 saturated carbocycles.